The van der Waals surface area contributed by atoms with Gasteiger partial charge in [0.1, 0.15) is 5.82 Å². The van der Waals surface area contributed by atoms with Crippen LogP contribution >= 0.6 is 0 Å². The predicted molar refractivity (Wildman–Crippen MR) is 77.9 cm³/mol. The van der Waals surface area contributed by atoms with E-state index in [0.29, 0.717) is 35.9 Å². The number of hydrogen-bond acceptors (Lipinski definition) is 6. The van der Waals surface area contributed by atoms with Gasteiger partial charge in [0.25, 0.3) is 0 Å². The van der Waals surface area contributed by atoms with Crippen LogP contribution in [-0.4, -0.2) is 37.6 Å². The largest absolute Gasteiger partial charge is 0.481 e. The molecular weight excluding hydrogens is 260 g/mol. The summed E-state index contributed by atoms with van der Waals surface area (Å²) in [6.45, 7) is 2.73. The van der Waals surface area contributed by atoms with Crippen molar-refractivity contribution in [3.8, 4) is 0 Å². The highest BCUT2D eigenvalue weighted by molar-refractivity contribution is 5.99. The molecule has 0 aromatic carbocycles. The Balaban J connectivity index is 3.12. The number of carbonyl (C=O) groups excluding carboxylic acids is 1. The highest BCUT2D eigenvalue weighted by Gasteiger charge is 2.16. The maximum Gasteiger partial charge on any atom is 0.320 e. The molecule has 0 radical (unpaired) electrons. The van der Waals surface area contributed by atoms with Crippen LogP contribution in [0.3, 0.4) is 0 Å². The molecule has 0 saturated carbocycles. The third-order valence-corrected chi connectivity index (χ3v) is 2.48. The van der Waals surface area contributed by atoms with Crippen LogP contribution < -0.4 is 21.7 Å². The van der Waals surface area contributed by atoms with E-state index in [9.17, 15) is 4.79 Å². The zero-order valence-corrected chi connectivity index (χ0v) is 11.8. The molecule has 0 atom stereocenters. The highest BCUT2D eigenvalue weighted by Crippen LogP contribution is 2.20. The van der Waals surface area contributed by atoms with Gasteiger partial charge in [-0.05, 0) is 14.0 Å². The van der Waals surface area contributed by atoms with Gasteiger partial charge in [0.05, 0.1) is 18.4 Å². The quantitative estimate of drug-likeness (QED) is 0.396. The van der Waals surface area contributed by atoms with Crippen LogP contribution in [0, 0.1) is 5.41 Å². The fraction of sp³-hybridized carbons (Fsp3) is 0.417. The molecule has 1 aromatic heterocycles. The molecular formula is C12H20N6O2. The molecule has 0 saturated heterocycles. The van der Waals surface area contributed by atoms with Gasteiger partial charge < -0.3 is 21.1 Å². The SMILES string of the molecule is CCNC(=O)Nc1cc(N)c(C(=N)OC)c(CNC)n1. The Bertz CT molecular complexity index is 503. The summed E-state index contributed by atoms with van der Waals surface area (Å²) >= 11 is 0. The number of aromatic nitrogens is 1. The van der Waals surface area contributed by atoms with Crippen LogP contribution in [0.1, 0.15) is 18.2 Å². The van der Waals surface area contributed by atoms with Gasteiger partial charge in [0.2, 0.25) is 5.90 Å². The van der Waals surface area contributed by atoms with E-state index in [-0.39, 0.29) is 11.9 Å². The minimum Gasteiger partial charge on any atom is -0.481 e. The average Bonchev–Trinajstić information content (AvgIpc) is 2.38. The molecule has 0 aliphatic heterocycles. The van der Waals surface area contributed by atoms with Crippen molar-refractivity contribution >= 4 is 23.4 Å². The number of carbonyl (C=O) groups is 1. The molecule has 1 rings (SSSR count). The number of nitrogens with zero attached hydrogens (tertiary/aromatic N) is 1. The summed E-state index contributed by atoms with van der Waals surface area (Å²) in [5.41, 5.74) is 7.19. The Hall–Kier alpha value is -2.35. The number of anilines is 2. The number of nitrogens with two attached hydrogens (primary N) is 1. The predicted octanol–water partition coefficient (Wildman–Crippen LogP) is 0.496. The van der Waals surface area contributed by atoms with E-state index in [1.807, 2.05) is 6.92 Å². The molecule has 0 aliphatic carbocycles. The third-order valence-electron chi connectivity index (χ3n) is 2.48. The van der Waals surface area contributed by atoms with E-state index < -0.39 is 0 Å². The summed E-state index contributed by atoms with van der Waals surface area (Å²) < 4.78 is 4.90. The fourth-order valence-electron chi connectivity index (χ4n) is 1.66. The monoisotopic (exact) mass is 280 g/mol. The average molecular weight is 280 g/mol. The number of rotatable bonds is 5. The molecule has 8 heteroatoms. The first kappa shape index (κ1) is 15.7. The van der Waals surface area contributed by atoms with Crippen molar-refractivity contribution in [1.82, 2.24) is 15.6 Å². The van der Waals surface area contributed by atoms with E-state index >= 15 is 0 Å². The van der Waals surface area contributed by atoms with Crippen molar-refractivity contribution in [2.45, 2.75) is 13.5 Å². The molecule has 6 N–H and O–H groups in total. The lowest BCUT2D eigenvalue weighted by atomic mass is 10.1. The normalized spacial score (nSPS) is 9.95. The number of nitrogen functional groups attached to an aromatic ring is 1. The van der Waals surface area contributed by atoms with Crippen molar-refractivity contribution < 1.29 is 9.53 Å². The van der Waals surface area contributed by atoms with Crippen LogP contribution in [0.15, 0.2) is 6.07 Å². The number of ether oxygens (including phenoxy) is 1. The van der Waals surface area contributed by atoms with Gasteiger partial charge in [-0.15, -0.1) is 0 Å². The van der Waals surface area contributed by atoms with Gasteiger partial charge in [-0.3, -0.25) is 10.7 Å². The lowest BCUT2D eigenvalue weighted by Crippen LogP contribution is -2.29. The summed E-state index contributed by atoms with van der Waals surface area (Å²) in [5, 5.41) is 15.9. The Morgan fingerprint density at radius 2 is 2.25 bits per heavy atom. The van der Waals surface area contributed by atoms with E-state index in [1.165, 1.54) is 13.2 Å². The summed E-state index contributed by atoms with van der Waals surface area (Å²) in [6.07, 6.45) is 0. The number of amides is 2. The first-order valence-corrected chi connectivity index (χ1v) is 6.15. The maximum absolute atomic E-state index is 11.5. The van der Waals surface area contributed by atoms with Crippen molar-refractivity contribution in [2.75, 3.05) is 31.8 Å². The van der Waals surface area contributed by atoms with Crippen LogP contribution in [0.2, 0.25) is 0 Å². The molecule has 1 heterocycles. The van der Waals surface area contributed by atoms with Crippen molar-refractivity contribution in [3.63, 3.8) is 0 Å². The number of urea groups is 1. The van der Waals surface area contributed by atoms with Gasteiger partial charge in [-0.1, -0.05) is 0 Å². The molecule has 0 spiro atoms. The Kier molecular flexibility index (Phi) is 5.73. The molecule has 20 heavy (non-hydrogen) atoms. The molecule has 110 valence electrons. The van der Waals surface area contributed by atoms with Gasteiger partial charge >= 0.3 is 6.03 Å². The standard InChI is InChI=1S/C12H20N6O2/c1-4-16-12(19)18-9-5-7(13)10(11(14)20-3)8(17-9)6-15-2/h5,14-15H,4,6H2,1-3H3,(H4,13,16,17,18,19). The minimum atomic E-state index is -0.357. The van der Waals surface area contributed by atoms with Gasteiger partial charge in [0, 0.05) is 24.8 Å². The van der Waals surface area contributed by atoms with Crippen LogP contribution in [0.5, 0.6) is 0 Å². The second-order valence-electron chi connectivity index (χ2n) is 3.97. The minimum absolute atomic E-state index is 0.0650. The van der Waals surface area contributed by atoms with Crippen LogP contribution in [0.4, 0.5) is 16.3 Å². The molecule has 0 fully saturated rings. The maximum atomic E-state index is 11.5. The van der Waals surface area contributed by atoms with Gasteiger partial charge in [-0.2, -0.15) is 0 Å². The molecule has 1 aromatic rings. The molecule has 0 unspecified atom stereocenters. The van der Waals surface area contributed by atoms with E-state index in [0.717, 1.165) is 0 Å². The summed E-state index contributed by atoms with van der Waals surface area (Å²) in [6, 6.07) is 1.14. The Morgan fingerprint density at radius 3 is 2.80 bits per heavy atom. The van der Waals surface area contributed by atoms with Gasteiger partial charge in [-0.25, -0.2) is 9.78 Å². The number of nitrogens with one attached hydrogen (secondary N) is 4. The zero-order chi connectivity index (χ0) is 15.1. The molecule has 2 amide bonds. The Morgan fingerprint density at radius 1 is 1.55 bits per heavy atom. The van der Waals surface area contributed by atoms with Gasteiger partial charge in [0.15, 0.2) is 0 Å². The van der Waals surface area contributed by atoms with E-state index in [2.05, 4.69) is 20.9 Å². The number of methoxy groups -OCH3 is 1. The molecule has 0 aliphatic rings. The molecule has 8 nitrogen and oxygen atoms in total. The van der Waals surface area contributed by atoms with Crippen molar-refractivity contribution in [3.05, 3.63) is 17.3 Å². The lowest BCUT2D eigenvalue weighted by molar-refractivity contribution is 0.252. The second kappa shape index (κ2) is 7.29. The molecule has 0 bridgehead atoms. The third kappa shape index (κ3) is 3.82. The zero-order valence-electron chi connectivity index (χ0n) is 11.8. The first-order chi connectivity index (χ1) is 9.53. The smallest absolute Gasteiger partial charge is 0.320 e. The first-order valence-electron chi connectivity index (χ1n) is 6.15. The highest BCUT2D eigenvalue weighted by atomic mass is 16.5. The number of hydrogen-bond donors (Lipinski definition) is 5. The lowest BCUT2D eigenvalue weighted by Gasteiger charge is -2.14. The number of pyridine rings is 1. The summed E-state index contributed by atoms with van der Waals surface area (Å²) in [7, 11) is 3.15. The fourth-order valence-corrected chi connectivity index (χ4v) is 1.66. The summed E-state index contributed by atoms with van der Waals surface area (Å²) in [4.78, 5) is 15.8. The van der Waals surface area contributed by atoms with Crippen LogP contribution in [0.25, 0.3) is 0 Å². The van der Waals surface area contributed by atoms with E-state index in [4.69, 9.17) is 15.9 Å². The van der Waals surface area contributed by atoms with Crippen LogP contribution in [-0.2, 0) is 11.3 Å². The van der Waals surface area contributed by atoms with Crippen molar-refractivity contribution in [1.29, 1.82) is 5.41 Å². The second-order valence-corrected chi connectivity index (χ2v) is 3.97. The summed E-state index contributed by atoms with van der Waals surface area (Å²) in [5.74, 6) is 0.260. The Labute approximate surface area is 117 Å². The van der Waals surface area contributed by atoms with E-state index in [1.54, 1.807) is 7.05 Å². The van der Waals surface area contributed by atoms with Crippen molar-refractivity contribution in [2.24, 2.45) is 0 Å². The topological polar surface area (TPSA) is 125 Å².